The van der Waals surface area contributed by atoms with E-state index in [9.17, 15) is 0 Å². The van der Waals surface area contributed by atoms with Crippen LogP contribution in [0.4, 0.5) is 0 Å². The van der Waals surface area contributed by atoms with Crippen LogP contribution in [0.2, 0.25) is 0 Å². The number of nitrogens with zero attached hydrogens (tertiary/aromatic N) is 1. The van der Waals surface area contributed by atoms with Gasteiger partial charge in [-0.1, -0.05) is 20.8 Å². The number of hydrogen-bond acceptors (Lipinski definition) is 3. The van der Waals surface area contributed by atoms with Crippen LogP contribution in [-0.4, -0.2) is 18.1 Å². The molecule has 15 heavy (non-hydrogen) atoms. The van der Waals surface area contributed by atoms with E-state index < -0.39 is 0 Å². The Morgan fingerprint density at radius 1 is 1.40 bits per heavy atom. The summed E-state index contributed by atoms with van der Waals surface area (Å²) in [4.78, 5) is 5.52. The quantitative estimate of drug-likeness (QED) is 0.723. The summed E-state index contributed by atoms with van der Waals surface area (Å²) < 4.78 is 0. The maximum atomic E-state index is 4.12. The molecular weight excluding hydrogens is 204 g/mol. The Bertz CT molecular complexity index is 255. The molecule has 0 spiro atoms. The first-order valence-corrected chi connectivity index (χ1v) is 6.60. The lowest BCUT2D eigenvalue weighted by atomic mass is 9.85. The van der Waals surface area contributed by atoms with Gasteiger partial charge in [0, 0.05) is 11.1 Å². The lowest BCUT2D eigenvalue weighted by Crippen LogP contribution is -2.24. The van der Waals surface area contributed by atoms with E-state index in [1.165, 1.54) is 17.7 Å². The van der Waals surface area contributed by atoms with E-state index in [0.29, 0.717) is 5.41 Å². The van der Waals surface area contributed by atoms with Gasteiger partial charge in [0.25, 0.3) is 0 Å². The van der Waals surface area contributed by atoms with Gasteiger partial charge in [-0.2, -0.15) is 0 Å². The van der Waals surface area contributed by atoms with Crippen molar-refractivity contribution in [3.63, 3.8) is 0 Å². The number of aromatic nitrogens is 1. The lowest BCUT2D eigenvalue weighted by molar-refractivity contribution is 0.328. The van der Waals surface area contributed by atoms with Gasteiger partial charge >= 0.3 is 0 Å². The molecule has 0 amide bonds. The van der Waals surface area contributed by atoms with Crippen molar-refractivity contribution in [2.75, 3.05) is 13.1 Å². The number of nitrogens with one attached hydrogen (secondary N) is 1. The second-order valence-corrected chi connectivity index (χ2v) is 5.78. The molecule has 2 nitrogen and oxygen atoms in total. The van der Waals surface area contributed by atoms with Gasteiger partial charge < -0.3 is 5.32 Å². The Labute approximate surface area is 97.1 Å². The van der Waals surface area contributed by atoms with Crippen LogP contribution in [0.5, 0.6) is 0 Å². The minimum absolute atomic E-state index is 0.382. The van der Waals surface area contributed by atoms with E-state index >= 15 is 0 Å². The molecule has 86 valence electrons. The van der Waals surface area contributed by atoms with Gasteiger partial charge in [-0.3, -0.25) is 4.98 Å². The minimum atomic E-state index is 0.382. The maximum Gasteiger partial charge on any atom is 0.0794 e. The lowest BCUT2D eigenvalue weighted by Gasteiger charge is -2.23. The van der Waals surface area contributed by atoms with Crippen LogP contribution in [0, 0.1) is 5.41 Å². The monoisotopic (exact) mass is 226 g/mol. The van der Waals surface area contributed by atoms with Gasteiger partial charge in [-0.15, -0.1) is 11.3 Å². The van der Waals surface area contributed by atoms with Gasteiger partial charge in [0.05, 0.1) is 5.51 Å². The van der Waals surface area contributed by atoms with Crippen molar-refractivity contribution in [2.24, 2.45) is 5.41 Å². The molecule has 0 saturated heterocycles. The molecule has 1 N–H and O–H groups in total. The summed E-state index contributed by atoms with van der Waals surface area (Å²) in [5, 5.41) is 3.46. The summed E-state index contributed by atoms with van der Waals surface area (Å²) in [6, 6.07) is 0. The smallest absolute Gasteiger partial charge is 0.0794 e. The third kappa shape index (κ3) is 5.28. The summed E-state index contributed by atoms with van der Waals surface area (Å²) >= 11 is 1.76. The molecule has 0 atom stereocenters. The highest BCUT2D eigenvalue weighted by molar-refractivity contribution is 7.09. The average Bonchev–Trinajstić information content (AvgIpc) is 2.64. The van der Waals surface area contributed by atoms with Gasteiger partial charge in [-0.05, 0) is 37.8 Å². The van der Waals surface area contributed by atoms with Crippen molar-refractivity contribution < 1.29 is 0 Å². The standard InChI is InChI=1S/C12H22N2S/c1-4-6-13-7-5-12(2,3)8-11-9-14-10-15-11/h9-10,13H,4-8H2,1-3H3. The predicted molar refractivity (Wildman–Crippen MR) is 67.4 cm³/mol. The molecule has 0 fully saturated rings. The van der Waals surface area contributed by atoms with E-state index in [-0.39, 0.29) is 0 Å². The molecular formula is C12H22N2S. The van der Waals surface area contributed by atoms with Crippen LogP contribution in [0.1, 0.15) is 38.5 Å². The van der Waals surface area contributed by atoms with Gasteiger partial charge in [-0.25, -0.2) is 0 Å². The number of rotatable bonds is 7. The van der Waals surface area contributed by atoms with E-state index in [4.69, 9.17) is 0 Å². The highest BCUT2D eigenvalue weighted by Gasteiger charge is 2.18. The van der Waals surface area contributed by atoms with E-state index in [0.717, 1.165) is 19.5 Å². The van der Waals surface area contributed by atoms with E-state index in [1.54, 1.807) is 11.3 Å². The zero-order valence-corrected chi connectivity index (χ0v) is 10.9. The molecule has 1 heterocycles. The van der Waals surface area contributed by atoms with Crippen LogP contribution < -0.4 is 5.32 Å². The molecule has 0 radical (unpaired) electrons. The van der Waals surface area contributed by atoms with Gasteiger partial charge in [0.1, 0.15) is 0 Å². The largest absolute Gasteiger partial charge is 0.317 e. The molecule has 0 unspecified atom stereocenters. The highest BCUT2D eigenvalue weighted by atomic mass is 32.1. The zero-order chi connectivity index (χ0) is 11.1. The number of thiazole rings is 1. The second-order valence-electron chi connectivity index (χ2n) is 4.81. The fraction of sp³-hybridized carbons (Fsp3) is 0.750. The van der Waals surface area contributed by atoms with E-state index in [1.807, 2.05) is 11.7 Å². The molecule has 0 aromatic carbocycles. The van der Waals surface area contributed by atoms with Crippen LogP contribution in [0.25, 0.3) is 0 Å². The predicted octanol–water partition coefficient (Wildman–Crippen LogP) is 3.10. The molecule has 1 aromatic heterocycles. The first-order valence-electron chi connectivity index (χ1n) is 5.72. The second kappa shape index (κ2) is 6.23. The summed E-state index contributed by atoms with van der Waals surface area (Å²) in [5.74, 6) is 0. The SMILES string of the molecule is CCCNCCC(C)(C)Cc1cncs1. The molecule has 1 rings (SSSR count). The highest BCUT2D eigenvalue weighted by Crippen LogP contribution is 2.26. The fourth-order valence-corrected chi connectivity index (χ4v) is 2.47. The Kier molecular flexibility index (Phi) is 5.26. The summed E-state index contributed by atoms with van der Waals surface area (Å²) in [6.07, 6.45) is 5.58. The maximum absolute atomic E-state index is 4.12. The Morgan fingerprint density at radius 3 is 2.80 bits per heavy atom. The molecule has 1 aromatic rings. The third-order valence-corrected chi connectivity index (χ3v) is 3.32. The van der Waals surface area contributed by atoms with Gasteiger partial charge in [0.15, 0.2) is 0 Å². The van der Waals surface area contributed by atoms with Crippen molar-refractivity contribution in [3.05, 3.63) is 16.6 Å². The van der Waals surface area contributed by atoms with Crippen LogP contribution in [0.3, 0.4) is 0 Å². The summed E-state index contributed by atoms with van der Waals surface area (Å²) in [7, 11) is 0. The van der Waals surface area contributed by atoms with Crippen molar-refractivity contribution in [2.45, 2.75) is 40.0 Å². The molecule has 0 bridgehead atoms. The van der Waals surface area contributed by atoms with E-state index in [2.05, 4.69) is 31.1 Å². The van der Waals surface area contributed by atoms with Crippen molar-refractivity contribution in [3.8, 4) is 0 Å². The normalized spacial score (nSPS) is 11.9. The first kappa shape index (κ1) is 12.7. The van der Waals surface area contributed by atoms with Crippen molar-refractivity contribution in [1.29, 1.82) is 0 Å². The third-order valence-electron chi connectivity index (χ3n) is 2.54. The van der Waals surface area contributed by atoms with Crippen LogP contribution in [-0.2, 0) is 6.42 Å². The Balaban J connectivity index is 2.25. The van der Waals surface area contributed by atoms with Gasteiger partial charge in [0.2, 0.25) is 0 Å². The molecule has 0 aliphatic rings. The topological polar surface area (TPSA) is 24.9 Å². The molecule has 3 heteroatoms. The van der Waals surface area contributed by atoms with Crippen LogP contribution in [0.15, 0.2) is 11.7 Å². The summed E-state index contributed by atoms with van der Waals surface area (Å²) in [6.45, 7) is 9.13. The average molecular weight is 226 g/mol. The van der Waals surface area contributed by atoms with Crippen LogP contribution >= 0.6 is 11.3 Å². The molecule has 0 saturated carbocycles. The molecule has 0 aliphatic heterocycles. The first-order chi connectivity index (χ1) is 7.14. The van der Waals surface area contributed by atoms with Crippen molar-refractivity contribution >= 4 is 11.3 Å². The Morgan fingerprint density at radius 2 is 2.20 bits per heavy atom. The molecule has 0 aliphatic carbocycles. The number of hydrogen-bond donors (Lipinski definition) is 1. The Hall–Kier alpha value is -0.410. The minimum Gasteiger partial charge on any atom is -0.317 e. The van der Waals surface area contributed by atoms with Crippen molar-refractivity contribution in [1.82, 2.24) is 10.3 Å². The zero-order valence-electron chi connectivity index (χ0n) is 10.0. The fourth-order valence-electron chi connectivity index (χ4n) is 1.62. The summed E-state index contributed by atoms with van der Waals surface area (Å²) in [5.41, 5.74) is 2.30.